The second kappa shape index (κ2) is 10.9. The fourth-order valence-corrected chi connectivity index (χ4v) is 5.13. The standard InChI is InChI=1S/C25H24ClN3O6S/c1-29(18-12-14-21-22(15-18)35-16-34-21)24(30)20(13-11-17-7-3-2-4-8-17)27-25(31)28-36(32,33)23-10-6-5-9-19(23)26/h2-10,12,14-15,20H,11,13,16H2,1H3,(H2,27,28,31)/t20-/m0/s1. The van der Waals surface area contributed by atoms with E-state index in [2.05, 4.69) is 5.32 Å². The van der Waals surface area contributed by atoms with E-state index in [-0.39, 0.29) is 23.1 Å². The molecule has 3 aromatic rings. The van der Waals surface area contributed by atoms with Crippen LogP contribution >= 0.6 is 11.6 Å². The molecule has 1 atom stereocenters. The van der Waals surface area contributed by atoms with E-state index in [0.29, 0.717) is 23.6 Å². The summed E-state index contributed by atoms with van der Waals surface area (Å²) in [5.74, 6) is 0.641. The van der Waals surface area contributed by atoms with E-state index in [1.165, 1.54) is 23.1 Å². The number of fused-ring (bicyclic) bond motifs is 1. The number of aryl methyl sites for hydroxylation is 1. The predicted molar refractivity (Wildman–Crippen MR) is 135 cm³/mol. The summed E-state index contributed by atoms with van der Waals surface area (Å²) in [5.41, 5.74) is 1.49. The summed E-state index contributed by atoms with van der Waals surface area (Å²) in [6.45, 7) is 0.0950. The SMILES string of the molecule is CN(C(=O)[C@H](CCc1ccccc1)NC(=O)NS(=O)(=O)c1ccccc1Cl)c1ccc2c(c1)OCO2. The zero-order valence-corrected chi connectivity index (χ0v) is 20.9. The van der Waals surface area contributed by atoms with Crippen molar-refractivity contribution in [1.82, 2.24) is 10.0 Å². The number of ether oxygens (including phenoxy) is 2. The molecule has 1 heterocycles. The third-order valence-electron chi connectivity index (χ3n) is 5.60. The lowest BCUT2D eigenvalue weighted by molar-refractivity contribution is -0.120. The van der Waals surface area contributed by atoms with Crippen molar-refractivity contribution in [2.45, 2.75) is 23.8 Å². The molecular formula is C25H24ClN3O6S. The van der Waals surface area contributed by atoms with Crippen molar-refractivity contribution >= 4 is 39.2 Å². The lowest BCUT2D eigenvalue weighted by atomic mass is 10.0. The number of nitrogens with zero attached hydrogens (tertiary/aromatic N) is 1. The average Bonchev–Trinajstić information content (AvgIpc) is 3.34. The first-order chi connectivity index (χ1) is 17.2. The topological polar surface area (TPSA) is 114 Å². The van der Waals surface area contributed by atoms with Gasteiger partial charge in [-0.1, -0.05) is 54.1 Å². The van der Waals surface area contributed by atoms with Gasteiger partial charge in [-0.3, -0.25) is 4.79 Å². The molecule has 1 aliphatic rings. The van der Waals surface area contributed by atoms with Gasteiger partial charge in [-0.05, 0) is 42.7 Å². The fraction of sp³-hybridized carbons (Fsp3) is 0.200. The third kappa shape index (κ3) is 5.89. The maximum Gasteiger partial charge on any atom is 0.329 e. The summed E-state index contributed by atoms with van der Waals surface area (Å²) in [6, 6.07) is 18.2. The largest absolute Gasteiger partial charge is 0.454 e. The number of rotatable bonds is 8. The zero-order valence-electron chi connectivity index (χ0n) is 19.3. The van der Waals surface area contributed by atoms with E-state index in [1.807, 2.05) is 35.1 Å². The van der Waals surface area contributed by atoms with Gasteiger partial charge in [0.15, 0.2) is 11.5 Å². The van der Waals surface area contributed by atoms with Crippen molar-refractivity contribution in [3.8, 4) is 11.5 Å². The fourth-order valence-electron chi connectivity index (χ4n) is 3.70. The number of hydrogen-bond donors (Lipinski definition) is 2. The van der Waals surface area contributed by atoms with Crippen LogP contribution in [0.3, 0.4) is 0 Å². The minimum Gasteiger partial charge on any atom is -0.454 e. The number of benzene rings is 3. The van der Waals surface area contributed by atoms with Gasteiger partial charge < -0.3 is 19.7 Å². The highest BCUT2D eigenvalue weighted by Gasteiger charge is 2.28. The van der Waals surface area contributed by atoms with Crippen LogP contribution in [-0.2, 0) is 21.2 Å². The molecule has 0 bridgehead atoms. The first-order valence-corrected chi connectivity index (χ1v) is 12.9. The first-order valence-electron chi connectivity index (χ1n) is 11.0. The Morgan fingerprint density at radius 3 is 2.44 bits per heavy atom. The van der Waals surface area contributed by atoms with E-state index in [9.17, 15) is 18.0 Å². The highest BCUT2D eigenvalue weighted by atomic mass is 35.5. The van der Waals surface area contributed by atoms with Gasteiger partial charge in [0, 0.05) is 18.8 Å². The normalized spacial score (nSPS) is 13.1. The number of likely N-dealkylation sites (N-methyl/N-ethyl adjacent to an activating group) is 1. The molecule has 3 amide bonds. The van der Waals surface area contributed by atoms with E-state index < -0.39 is 28.0 Å². The summed E-state index contributed by atoms with van der Waals surface area (Å²) in [6.07, 6.45) is 0.709. The van der Waals surface area contributed by atoms with Crippen molar-refractivity contribution in [1.29, 1.82) is 0 Å². The Kier molecular flexibility index (Phi) is 7.66. The number of urea groups is 1. The molecule has 0 aromatic heterocycles. The Morgan fingerprint density at radius 2 is 1.69 bits per heavy atom. The van der Waals surface area contributed by atoms with Gasteiger partial charge in [0.25, 0.3) is 10.0 Å². The van der Waals surface area contributed by atoms with Gasteiger partial charge in [-0.2, -0.15) is 0 Å². The van der Waals surface area contributed by atoms with Crippen LogP contribution in [0.15, 0.2) is 77.7 Å². The second-order valence-corrected chi connectivity index (χ2v) is 10.1. The molecule has 36 heavy (non-hydrogen) atoms. The predicted octanol–water partition coefficient (Wildman–Crippen LogP) is 3.72. The quantitative estimate of drug-likeness (QED) is 0.460. The molecule has 11 heteroatoms. The number of halogens is 1. The summed E-state index contributed by atoms with van der Waals surface area (Å²) < 4.78 is 38.0. The van der Waals surface area contributed by atoms with Gasteiger partial charge in [0.1, 0.15) is 10.9 Å². The minimum absolute atomic E-state index is 0.0305. The number of nitrogens with one attached hydrogen (secondary N) is 2. The van der Waals surface area contributed by atoms with E-state index in [4.69, 9.17) is 21.1 Å². The van der Waals surface area contributed by atoms with Gasteiger partial charge in [0.05, 0.1) is 5.02 Å². The van der Waals surface area contributed by atoms with Crippen LogP contribution in [0.1, 0.15) is 12.0 Å². The molecule has 0 spiro atoms. The second-order valence-electron chi connectivity index (χ2n) is 8.02. The molecule has 3 aromatic carbocycles. The van der Waals surface area contributed by atoms with Gasteiger partial charge in [-0.15, -0.1) is 0 Å². The first kappa shape index (κ1) is 25.3. The monoisotopic (exact) mass is 529 g/mol. The minimum atomic E-state index is -4.26. The van der Waals surface area contributed by atoms with Crippen molar-refractivity contribution in [3.63, 3.8) is 0 Å². The Morgan fingerprint density at radius 1 is 1.00 bits per heavy atom. The number of carbonyl (C=O) groups excluding carboxylic acids is 2. The van der Waals surface area contributed by atoms with Crippen LogP contribution in [0, 0.1) is 0 Å². The molecule has 4 rings (SSSR count). The highest BCUT2D eigenvalue weighted by Crippen LogP contribution is 2.35. The zero-order chi connectivity index (χ0) is 25.7. The molecule has 1 aliphatic heterocycles. The summed E-state index contributed by atoms with van der Waals surface area (Å²) in [4.78, 5) is 27.3. The van der Waals surface area contributed by atoms with Gasteiger partial charge in [0.2, 0.25) is 12.7 Å². The molecular weight excluding hydrogens is 506 g/mol. The molecule has 0 unspecified atom stereocenters. The lowest BCUT2D eigenvalue weighted by Gasteiger charge is -2.25. The average molecular weight is 530 g/mol. The number of hydrogen-bond acceptors (Lipinski definition) is 6. The molecule has 0 saturated carbocycles. The molecule has 188 valence electrons. The number of sulfonamides is 1. The van der Waals surface area contributed by atoms with Gasteiger partial charge >= 0.3 is 6.03 Å². The molecule has 2 N–H and O–H groups in total. The molecule has 9 nitrogen and oxygen atoms in total. The smallest absolute Gasteiger partial charge is 0.329 e. The van der Waals surface area contributed by atoms with Crippen LogP contribution in [0.4, 0.5) is 10.5 Å². The van der Waals surface area contributed by atoms with Crippen molar-refractivity contribution in [2.24, 2.45) is 0 Å². The van der Waals surface area contributed by atoms with Crippen molar-refractivity contribution in [3.05, 3.63) is 83.4 Å². The van der Waals surface area contributed by atoms with Crippen LogP contribution in [0.5, 0.6) is 11.5 Å². The summed E-state index contributed by atoms with van der Waals surface area (Å²) in [5, 5.41) is 2.49. The van der Waals surface area contributed by atoms with Gasteiger partial charge in [-0.25, -0.2) is 17.9 Å². The van der Waals surface area contributed by atoms with Crippen LogP contribution in [0.2, 0.25) is 5.02 Å². The van der Waals surface area contributed by atoms with Crippen molar-refractivity contribution in [2.75, 3.05) is 18.7 Å². The van der Waals surface area contributed by atoms with Crippen LogP contribution in [-0.4, -0.2) is 40.2 Å². The summed E-state index contributed by atoms with van der Waals surface area (Å²) in [7, 11) is -2.69. The molecule has 0 fully saturated rings. The maximum atomic E-state index is 13.4. The Bertz CT molecular complexity index is 1370. The van der Waals surface area contributed by atoms with E-state index in [1.54, 1.807) is 31.3 Å². The molecule has 0 radical (unpaired) electrons. The number of amides is 3. The van der Waals surface area contributed by atoms with E-state index in [0.717, 1.165) is 5.56 Å². The highest BCUT2D eigenvalue weighted by molar-refractivity contribution is 7.90. The van der Waals surface area contributed by atoms with Crippen LogP contribution in [0.25, 0.3) is 0 Å². The van der Waals surface area contributed by atoms with E-state index >= 15 is 0 Å². The maximum absolute atomic E-state index is 13.4. The van der Waals surface area contributed by atoms with Crippen LogP contribution < -0.4 is 24.4 Å². The Labute approximate surface area is 214 Å². The molecule has 0 aliphatic carbocycles. The molecule has 0 saturated heterocycles. The Hall–Kier alpha value is -3.76. The van der Waals surface area contributed by atoms with Crippen molar-refractivity contribution < 1.29 is 27.5 Å². The Balaban J connectivity index is 1.52. The lowest BCUT2D eigenvalue weighted by Crippen LogP contribution is -2.51. The third-order valence-corrected chi connectivity index (χ3v) is 7.43. The number of carbonyl (C=O) groups is 2. The summed E-state index contributed by atoms with van der Waals surface area (Å²) >= 11 is 5.98. The number of anilines is 1.